The van der Waals surface area contributed by atoms with E-state index in [0.717, 1.165) is 89.1 Å². The number of aromatic nitrogens is 1. The molecule has 0 amide bonds. The molecule has 2 aromatic heterocycles. The van der Waals surface area contributed by atoms with E-state index in [2.05, 4.69) is 222 Å². The van der Waals surface area contributed by atoms with Crippen LogP contribution in [0.3, 0.4) is 0 Å². The van der Waals surface area contributed by atoms with Gasteiger partial charge < -0.3 is 13.9 Å². The first-order valence-corrected chi connectivity index (χ1v) is 19.4. The minimum absolute atomic E-state index is 0.882. The van der Waals surface area contributed by atoms with Crippen LogP contribution in [-0.2, 0) is 0 Å². The van der Waals surface area contributed by atoms with Gasteiger partial charge in [-0.25, -0.2) is 0 Å². The van der Waals surface area contributed by atoms with Crippen molar-refractivity contribution in [1.82, 2.24) is 4.57 Å². The number of furan rings is 1. The lowest BCUT2D eigenvalue weighted by molar-refractivity contribution is 0.670. The fourth-order valence-electron chi connectivity index (χ4n) is 8.64. The van der Waals surface area contributed by atoms with Gasteiger partial charge in [-0.15, -0.1) is 0 Å². The second-order valence-corrected chi connectivity index (χ2v) is 14.5. The zero-order chi connectivity index (χ0) is 37.7. The first-order chi connectivity index (χ1) is 28.3. The van der Waals surface area contributed by atoms with Gasteiger partial charge in [-0.1, -0.05) is 158 Å². The first kappa shape index (κ1) is 32.8. The Kier molecular flexibility index (Phi) is 7.82. The lowest BCUT2D eigenvalue weighted by Gasteiger charge is -2.30. The number of hydrogen-bond donors (Lipinski definition) is 0. The first-order valence-electron chi connectivity index (χ1n) is 19.4. The maximum absolute atomic E-state index is 6.70. The highest BCUT2D eigenvalue weighted by Gasteiger charge is 2.25. The number of nitrogens with zero attached hydrogens (tertiary/aromatic N) is 2. The standard InChI is InChI=1S/C54H36N2O/c1-4-18-37(19-5-1)39-34-40(38-20-6-2-7-21-38)36-42(35-39)56(48-29-13-10-24-43(48)45-27-16-28-46-44-25-12-15-33-52(44)57-54(45)46)51-32-17-31-50-53(51)47-26-11-14-30-49(47)55(50)41-22-8-3-9-23-41/h1-36H. The quantitative estimate of drug-likeness (QED) is 0.163. The average molecular weight is 729 g/mol. The third-order valence-electron chi connectivity index (χ3n) is 11.2. The van der Waals surface area contributed by atoms with E-state index in [0.29, 0.717) is 0 Å². The van der Waals surface area contributed by atoms with Crippen LogP contribution in [0.15, 0.2) is 223 Å². The van der Waals surface area contributed by atoms with Crippen LogP contribution >= 0.6 is 0 Å². The van der Waals surface area contributed by atoms with Gasteiger partial charge in [0, 0.05) is 44.0 Å². The van der Waals surface area contributed by atoms with Gasteiger partial charge in [0.1, 0.15) is 11.2 Å². The molecule has 0 saturated carbocycles. The van der Waals surface area contributed by atoms with E-state index in [1.807, 2.05) is 6.07 Å². The summed E-state index contributed by atoms with van der Waals surface area (Å²) in [4.78, 5) is 2.47. The van der Waals surface area contributed by atoms with Crippen LogP contribution < -0.4 is 4.90 Å². The molecule has 0 spiro atoms. The van der Waals surface area contributed by atoms with Crippen molar-refractivity contribution in [3.63, 3.8) is 0 Å². The highest BCUT2D eigenvalue weighted by Crippen LogP contribution is 2.49. The highest BCUT2D eigenvalue weighted by molar-refractivity contribution is 6.17. The van der Waals surface area contributed by atoms with Gasteiger partial charge in [-0.05, 0) is 82.9 Å². The van der Waals surface area contributed by atoms with E-state index in [-0.39, 0.29) is 0 Å². The molecule has 0 unspecified atom stereocenters. The number of fused-ring (bicyclic) bond motifs is 6. The molecular weight excluding hydrogens is 693 g/mol. The van der Waals surface area contributed by atoms with E-state index in [1.165, 1.54) is 10.8 Å². The number of para-hydroxylation sites is 5. The summed E-state index contributed by atoms with van der Waals surface area (Å²) in [5.41, 5.74) is 15.1. The van der Waals surface area contributed by atoms with Crippen molar-refractivity contribution in [2.45, 2.75) is 0 Å². The SMILES string of the molecule is c1ccc(-c2cc(-c3ccccc3)cc(N(c3ccccc3-c3cccc4c3oc3ccccc34)c3cccc4c3c3ccccc3n4-c3ccccc3)c2)cc1. The smallest absolute Gasteiger partial charge is 0.143 e. The molecule has 0 N–H and O–H groups in total. The fourth-order valence-corrected chi connectivity index (χ4v) is 8.64. The molecule has 0 fully saturated rings. The molecule has 0 atom stereocenters. The van der Waals surface area contributed by atoms with Crippen LogP contribution in [0.25, 0.3) is 82.8 Å². The van der Waals surface area contributed by atoms with E-state index < -0.39 is 0 Å². The zero-order valence-electron chi connectivity index (χ0n) is 31.1. The van der Waals surface area contributed by atoms with Crippen molar-refractivity contribution in [2.24, 2.45) is 0 Å². The Balaban J connectivity index is 1.26. The Morgan fingerprint density at radius 3 is 1.67 bits per heavy atom. The lowest BCUT2D eigenvalue weighted by Crippen LogP contribution is -2.12. The predicted molar refractivity (Wildman–Crippen MR) is 239 cm³/mol. The third-order valence-corrected chi connectivity index (χ3v) is 11.2. The average Bonchev–Trinajstić information content (AvgIpc) is 3.84. The molecule has 11 rings (SSSR count). The summed E-state index contributed by atoms with van der Waals surface area (Å²) in [7, 11) is 0. The Labute approximate surface area is 330 Å². The summed E-state index contributed by atoms with van der Waals surface area (Å²) >= 11 is 0. The molecule has 9 aromatic carbocycles. The number of benzene rings is 9. The lowest BCUT2D eigenvalue weighted by atomic mass is 9.95. The molecule has 0 radical (unpaired) electrons. The molecule has 0 saturated heterocycles. The minimum Gasteiger partial charge on any atom is -0.455 e. The van der Waals surface area contributed by atoms with E-state index in [9.17, 15) is 0 Å². The van der Waals surface area contributed by atoms with Gasteiger partial charge in [0.25, 0.3) is 0 Å². The van der Waals surface area contributed by atoms with Crippen molar-refractivity contribution in [3.05, 3.63) is 218 Å². The van der Waals surface area contributed by atoms with Crippen molar-refractivity contribution in [1.29, 1.82) is 0 Å². The number of rotatable bonds is 7. The van der Waals surface area contributed by atoms with Crippen LogP contribution in [0, 0.1) is 0 Å². The molecule has 268 valence electrons. The topological polar surface area (TPSA) is 21.3 Å². The summed E-state index contributed by atoms with van der Waals surface area (Å²) in [5.74, 6) is 0. The molecule has 3 heteroatoms. The van der Waals surface area contributed by atoms with Gasteiger partial charge >= 0.3 is 0 Å². The maximum atomic E-state index is 6.70. The maximum Gasteiger partial charge on any atom is 0.143 e. The van der Waals surface area contributed by atoms with Gasteiger partial charge in [-0.3, -0.25) is 0 Å². The second-order valence-electron chi connectivity index (χ2n) is 14.5. The van der Waals surface area contributed by atoms with Crippen LogP contribution in [0.1, 0.15) is 0 Å². The van der Waals surface area contributed by atoms with Crippen molar-refractivity contribution in [3.8, 4) is 39.1 Å². The number of anilines is 3. The normalized spacial score (nSPS) is 11.5. The predicted octanol–water partition coefficient (Wildman–Crippen LogP) is 15.2. The van der Waals surface area contributed by atoms with Gasteiger partial charge in [0.2, 0.25) is 0 Å². The Bertz CT molecular complexity index is 3180. The Morgan fingerprint density at radius 2 is 0.912 bits per heavy atom. The van der Waals surface area contributed by atoms with Gasteiger partial charge in [0.05, 0.1) is 22.4 Å². The molecule has 57 heavy (non-hydrogen) atoms. The van der Waals surface area contributed by atoms with E-state index in [1.54, 1.807) is 0 Å². The Hall–Kier alpha value is -7.62. The van der Waals surface area contributed by atoms with Crippen LogP contribution in [-0.4, -0.2) is 4.57 Å². The molecule has 0 aliphatic heterocycles. The largest absolute Gasteiger partial charge is 0.455 e. The van der Waals surface area contributed by atoms with E-state index >= 15 is 0 Å². The third kappa shape index (κ3) is 5.51. The molecule has 11 aromatic rings. The highest BCUT2D eigenvalue weighted by atomic mass is 16.3. The molecule has 2 heterocycles. The molecule has 0 bridgehead atoms. The summed E-state index contributed by atoms with van der Waals surface area (Å²) in [6, 6.07) is 78.2. The fraction of sp³-hybridized carbons (Fsp3) is 0. The van der Waals surface area contributed by atoms with Gasteiger partial charge in [0.15, 0.2) is 0 Å². The van der Waals surface area contributed by atoms with Gasteiger partial charge in [-0.2, -0.15) is 0 Å². The van der Waals surface area contributed by atoms with Crippen molar-refractivity contribution in [2.75, 3.05) is 4.90 Å². The molecule has 0 aliphatic rings. The molecular formula is C54H36N2O. The second kappa shape index (κ2) is 13.6. The molecule has 0 aliphatic carbocycles. The van der Waals surface area contributed by atoms with Crippen LogP contribution in [0.2, 0.25) is 0 Å². The monoisotopic (exact) mass is 728 g/mol. The summed E-state index contributed by atoms with van der Waals surface area (Å²) < 4.78 is 9.09. The van der Waals surface area contributed by atoms with E-state index in [4.69, 9.17) is 4.42 Å². The Morgan fingerprint density at radius 1 is 0.368 bits per heavy atom. The summed E-state index contributed by atoms with van der Waals surface area (Å²) in [5, 5.41) is 4.59. The van der Waals surface area contributed by atoms with Crippen LogP contribution in [0.5, 0.6) is 0 Å². The summed E-state index contributed by atoms with van der Waals surface area (Å²) in [6.45, 7) is 0. The van der Waals surface area contributed by atoms with Crippen molar-refractivity contribution < 1.29 is 4.42 Å². The zero-order valence-corrected chi connectivity index (χ0v) is 31.1. The van der Waals surface area contributed by atoms with Crippen LogP contribution in [0.4, 0.5) is 17.1 Å². The minimum atomic E-state index is 0.882. The summed E-state index contributed by atoms with van der Waals surface area (Å²) in [6.07, 6.45) is 0. The number of hydrogen-bond acceptors (Lipinski definition) is 2. The molecule has 3 nitrogen and oxygen atoms in total. The van der Waals surface area contributed by atoms with Crippen molar-refractivity contribution >= 4 is 60.8 Å².